The minimum atomic E-state index is -3.92. The maximum absolute atomic E-state index is 12.4. The van der Waals surface area contributed by atoms with E-state index in [0.29, 0.717) is 22.8 Å². The molecule has 10 nitrogen and oxygen atoms in total. The third-order valence-electron chi connectivity index (χ3n) is 3.44. The molecule has 0 bridgehead atoms. The van der Waals surface area contributed by atoms with Crippen molar-refractivity contribution in [3.63, 3.8) is 0 Å². The molecule has 1 amide bonds. The second-order valence-corrected chi connectivity index (χ2v) is 8.01. The van der Waals surface area contributed by atoms with Crippen molar-refractivity contribution < 1.29 is 27.4 Å². The minimum Gasteiger partial charge on any atom is -0.493 e. The molecule has 0 aliphatic carbocycles. The molecule has 0 radical (unpaired) electrons. The molecule has 1 aromatic heterocycles. The van der Waals surface area contributed by atoms with Gasteiger partial charge in [0.15, 0.2) is 11.5 Å². The van der Waals surface area contributed by atoms with Gasteiger partial charge < -0.3 is 19.5 Å². The van der Waals surface area contributed by atoms with Crippen LogP contribution in [-0.4, -0.2) is 45.9 Å². The number of benzene rings is 1. The molecule has 0 aliphatic rings. The van der Waals surface area contributed by atoms with Crippen molar-refractivity contribution in [1.29, 1.82) is 0 Å². The molecule has 0 saturated carbocycles. The van der Waals surface area contributed by atoms with Crippen LogP contribution in [0.1, 0.15) is 18.9 Å². The zero-order valence-electron chi connectivity index (χ0n) is 15.2. The Hall–Kier alpha value is -2.44. The van der Waals surface area contributed by atoms with E-state index < -0.39 is 10.0 Å². The number of nitrogens with one attached hydrogen (secondary N) is 2. The Labute approximate surface area is 160 Å². The van der Waals surface area contributed by atoms with Crippen LogP contribution in [0, 0.1) is 0 Å². The van der Waals surface area contributed by atoms with Crippen LogP contribution < -0.4 is 24.2 Å². The largest absolute Gasteiger partial charge is 0.493 e. The maximum Gasteiger partial charge on any atom is 0.270 e. The van der Waals surface area contributed by atoms with Crippen molar-refractivity contribution in [3.8, 4) is 17.2 Å². The molecule has 2 rings (SSSR count). The lowest BCUT2D eigenvalue weighted by atomic mass is 10.1. The van der Waals surface area contributed by atoms with E-state index in [0.717, 1.165) is 11.3 Å². The number of carbonyl (C=O) groups excluding carboxylic acids is 1. The number of rotatable bonds is 9. The van der Waals surface area contributed by atoms with Gasteiger partial charge in [-0.05, 0) is 6.07 Å². The number of sulfonamides is 1. The second kappa shape index (κ2) is 8.97. The van der Waals surface area contributed by atoms with Gasteiger partial charge in [-0.2, -0.15) is 0 Å². The van der Waals surface area contributed by atoms with Crippen molar-refractivity contribution in [3.05, 3.63) is 17.7 Å². The number of nitrogens with zero attached hydrogens (tertiary/aromatic N) is 2. The van der Waals surface area contributed by atoms with Crippen LogP contribution in [0.5, 0.6) is 17.2 Å². The van der Waals surface area contributed by atoms with Crippen molar-refractivity contribution in [2.45, 2.75) is 24.2 Å². The summed E-state index contributed by atoms with van der Waals surface area (Å²) in [5, 5.41) is 9.87. The Morgan fingerprint density at radius 2 is 1.81 bits per heavy atom. The summed E-state index contributed by atoms with van der Waals surface area (Å²) in [5.41, 5.74) is 0.544. The first-order valence-corrected chi connectivity index (χ1v) is 10.1. The normalized spacial score (nSPS) is 11.1. The van der Waals surface area contributed by atoms with Crippen LogP contribution in [0.15, 0.2) is 16.5 Å². The van der Waals surface area contributed by atoms with Gasteiger partial charge in [0.25, 0.3) is 10.0 Å². The molecular formula is C15H20N4O6S2. The van der Waals surface area contributed by atoms with Crippen LogP contribution in [0.3, 0.4) is 0 Å². The molecule has 27 heavy (non-hydrogen) atoms. The van der Waals surface area contributed by atoms with Gasteiger partial charge in [-0.15, -0.1) is 10.2 Å². The number of hydrogen-bond donors (Lipinski definition) is 2. The first-order valence-electron chi connectivity index (χ1n) is 7.77. The second-order valence-electron chi connectivity index (χ2n) is 5.09. The van der Waals surface area contributed by atoms with Crippen molar-refractivity contribution in [2.24, 2.45) is 0 Å². The van der Waals surface area contributed by atoms with Gasteiger partial charge in [0.1, 0.15) is 0 Å². The molecule has 2 aromatic rings. The summed E-state index contributed by atoms with van der Waals surface area (Å²) in [7, 11) is 0.473. The summed E-state index contributed by atoms with van der Waals surface area (Å²) in [6.07, 6.45) is 0.249. The summed E-state index contributed by atoms with van der Waals surface area (Å²) in [4.78, 5) is 11.4. The van der Waals surface area contributed by atoms with Gasteiger partial charge >= 0.3 is 0 Å². The van der Waals surface area contributed by atoms with Gasteiger partial charge in [0, 0.05) is 18.5 Å². The minimum absolute atomic E-state index is 0.0674. The fraction of sp³-hybridized carbons (Fsp3) is 0.400. The summed E-state index contributed by atoms with van der Waals surface area (Å²) in [5.74, 6) is 0.893. The van der Waals surface area contributed by atoms with E-state index in [4.69, 9.17) is 14.2 Å². The lowest BCUT2D eigenvalue weighted by Crippen LogP contribution is -2.23. The maximum atomic E-state index is 12.4. The fourth-order valence-electron chi connectivity index (χ4n) is 2.11. The Morgan fingerprint density at radius 3 is 2.41 bits per heavy atom. The predicted octanol–water partition coefficient (Wildman–Crippen LogP) is 1.39. The molecule has 0 saturated heterocycles. The smallest absolute Gasteiger partial charge is 0.270 e. The van der Waals surface area contributed by atoms with E-state index in [2.05, 4.69) is 20.2 Å². The quantitative estimate of drug-likeness (QED) is 0.587. The number of hydrogen-bond acceptors (Lipinski definition) is 9. The molecule has 0 spiro atoms. The number of anilines is 1. The van der Waals surface area contributed by atoms with Crippen molar-refractivity contribution >= 4 is 32.4 Å². The summed E-state index contributed by atoms with van der Waals surface area (Å²) >= 11 is 0.762. The first kappa shape index (κ1) is 20.9. The van der Waals surface area contributed by atoms with Gasteiger partial charge in [-0.1, -0.05) is 24.3 Å². The topological polar surface area (TPSA) is 129 Å². The number of ether oxygens (including phenoxy) is 3. The van der Waals surface area contributed by atoms with Crippen molar-refractivity contribution in [2.75, 3.05) is 26.6 Å². The summed E-state index contributed by atoms with van der Waals surface area (Å²) in [6.45, 7) is 1.61. The zero-order chi connectivity index (χ0) is 20.0. The highest BCUT2D eigenvalue weighted by atomic mass is 32.2. The SMILES string of the molecule is CCC(=O)Nc1nnc(S(=O)(=O)NCc2ccc(OC)c(OC)c2OC)s1. The van der Waals surface area contributed by atoms with Gasteiger partial charge in [-0.3, -0.25) is 4.79 Å². The standard InChI is InChI=1S/C15H20N4O6S2/c1-5-11(20)17-14-18-19-15(26-14)27(21,22)16-8-9-6-7-10(23-2)13(25-4)12(9)24-3/h6-7,16H,5,8H2,1-4H3,(H,17,18,20). The van der Waals surface area contributed by atoms with Crippen LogP contribution in [0.4, 0.5) is 5.13 Å². The predicted molar refractivity (Wildman–Crippen MR) is 99.0 cm³/mol. The number of aromatic nitrogens is 2. The molecule has 2 N–H and O–H groups in total. The average Bonchev–Trinajstić information content (AvgIpc) is 3.14. The van der Waals surface area contributed by atoms with E-state index in [1.165, 1.54) is 21.3 Å². The Kier molecular flexibility index (Phi) is 6.93. The molecule has 0 unspecified atom stereocenters. The van der Waals surface area contributed by atoms with Gasteiger partial charge in [-0.25, -0.2) is 13.1 Å². The van der Waals surface area contributed by atoms with Crippen LogP contribution in [-0.2, 0) is 21.4 Å². The molecule has 1 aromatic carbocycles. The number of methoxy groups -OCH3 is 3. The van der Waals surface area contributed by atoms with E-state index >= 15 is 0 Å². The molecule has 148 valence electrons. The monoisotopic (exact) mass is 416 g/mol. The van der Waals surface area contributed by atoms with E-state index in [1.54, 1.807) is 19.1 Å². The molecular weight excluding hydrogens is 396 g/mol. The number of amides is 1. The number of carbonyl (C=O) groups is 1. The third-order valence-corrected chi connectivity index (χ3v) is 6.05. The van der Waals surface area contributed by atoms with Crippen LogP contribution >= 0.6 is 11.3 Å². The van der Waals surface area contributed by atoms with Crippen LogP contribution in [0.25, 0.3) is 0 Å². The molecule has 0 fully saturated rings. The van der Waals surface area contributed by atoms with Crippen LogP contribution in [0.2, 0.25) is 0 Å². The van der Waals surface area contributed by atoms with E-state index in [-0.39, 0.29) is 28.3 Å². The molecule has 12 heteroatoms. The van der Waals surface area contributed by atoms with Gasteiger partial charge in [0.2, 0.25) is 21.1 Å². The Balaban J connectivity index is 2.19. The highest BCUT2D eigenvalue weighted by Crippen LogP contribution is 2.39. The Morgan fingerprint density at radius 1 is 1.11 bits per heavy atom. The zero-order valence-corrected chi connectivity index (χ0v) is 16.9. The highest BCUT2D eigenvalue weighted by molar-refractivity contribution is 7.91. The third kappa shape index (κ3) is 4.84. The summed E-state index contributed by atoms with van der Waals surface area (Å²) < 4.78 is 42.9. The highest BCUT2D eigenvalue weighted by Gasteiger charge is 2.22. The average molecular weight is 416 g/mol. The summed E-state index contributed by atoms with van der Waals surface area (Å²) in [6, 6.07) is 3.31. The Bertz CT molecular complexity index is 913. The lowest BCUT2D eigenvalue weighted by molar-refractivity contribution is -0.115. The van der Waals surface area contributed by atoms with E-state index in [1.807, 2.05) is 0 Å². The fourth-order valence-corrected chi connectivity index (χ4v) is 4.08. The molecule has 0 atom stereocenters. The van der Waals surface area contributed by atoms with Crippen molar-refractivity contribution in [1.82, 2.24) is 14.9 Å². The molecule has 1 heterocycles. The van der Waals surface area contributed by atoms with Gasteiger partial charge in [0.05, 0.1) is 21.3 Å². The lowest BCUT2D eigenvalue weighted by Gasteiger charge is -2.15. The van der Waals surface area contributed by atoms with E-state index in [9.17, 15) is 13.2 Å². The first-order chi connectivity index (χ1) is 12.9. The molecule has 0 aliphatic heterocycles.